The Labute approximate surface area is 205 Å². The van der Waals surface area contributed by atoms with Crippen LogP contribution in [0.5, 0.6) is 0 Å². The Morgan fingerprint density at radius 1 is 1.03 bits per heavy atom. The fraction of sp³-hybridized carbons (Fsp3) is 0.214. The number of nitrogens with zero attached hydrogens (tertiary/aromatic N) is 4. The molecule has 1 aliphatic heterocycles. The zero-order valence-electron chi connectivity index (χ0n) is 19.3. The molecule has 1 saturated heterocycles. The van der Waals surface area contributed by atoms with Crippen LogP contribution in [0, 0.1) is 5.95 Å². The monoisotopic (exact) mass is 482 g/mol. The van der Waals surface area contributed by atoms with Gasteiger partial charge in [-0.05, 0) is 59.7 Å². The maximum absolute atomic E-state index is 13.6. The van der Waals surface area contributed by atoms with Crippen LogP contribution in [0.3, 0.4) is 0 Å². The molecule has 3 aromatic heterocycles. The molecule has 5 aromatic rings. The summed E-state index contributed by atoms with van der Waals surface area (Å²) in [6.07, 6.45) is 5.08. The summed E-state index contributed by atoms with van der Waals surface area (Å²) in [5.41, 5.74) is 3.87. The third-order valence-electron chi connectivity index (χ3n) is 6.77. The van der Waals surface area contributed by atoms with E-state index in [-0.39, 0.29) is 18.2 Å². The lowest BCUT2D eigenvalue weighted by molar-refractivity contribution is -0.0395. The van der Waals surface area contributed by atoms with E-state index in [1.807, 2.05) is 42.5 Å². The second kappa shape index (κ2) is 9.22. The number of pyridine rings is 2. The first kappa shape index (κ1) is 22.5. The van der Waals surface area contributed by atoms with Gasteiger partial charge in [0.25, 0.3) is 5.56 Å². The minimum Gasteiger partial charge on any atom is -0.389 e. The third-order valence-corrected chi connectivity index (χ3v) is 6.77. The second-order valence-electron chi connectivity index (χ2n) is 9.03. The van der Waals surface area contributed by atoms with Gasteiger partial charge in [-0.3, -0.25) is 14.3 Å². The molecule has 2 aromatic carbocycles. The van der Waals surface area contributed by atoms with Crippen molar-refractivity contribution >= 4 is 21.7 Å². The number of ether oxygens (including phenoxy) is 1. The summed E-state index contributed by atoms with van der Waals surface area (Å²) in [5, 5.41) is 12.9. The number of fused-ring (bicyclic) bond motifs is 3. The molecule has 0 amide bonds. The van der Waals surface area contributed by atoms with Crippen LogP contribution in [-0.4, -0.2) is 43.9 Å². The predicted octanol–water partition coefficient (Wildman–Crippen LogP) is 4.06. The molecule has 8 heteroatoms. The highest BCUT2D eigenvalue weighted by Gasteiger charge is 2.27. The van der Waals surface area contributed by atoms with Gasteiger partial charge in [0.2, 0.25) is 5.95 Å². The third kappa shape index (κ3) is 4.04. The number of rotatable bonds is 4. The molecule has 180 valence electrons. The van der Waals surface area contributed by atoms with Crippen molar-refractivity contribution in [3.8, 4) is 11.3 Å². The van der Waals surface area contributed by atoms with Gasteiger partial charge in [-0.15, -0.1) is 0 Å². The number of benzene rings is 2. The number of aliphatic hydroxyl groups excluding tert-OH is 1. The van der Waals surface area contributed by atoms with Crippen molar-refractivity contribution < 1.29 is 14.2 Å². The predicted molar refractivity (Wildman–Crippen MR) is 134 cm³/mol. The zero-order valence-corrected chi connectivity index (χ0v) is 19.3. The van der Waals surface area contributed by atoms with Crippen molar-refractivity contribution in [1.82, 2.24) is 19.5 Å². The first-order chi connectivity index (χ1) is 17.6. The Bertz CT molecular complexity index is 1630. The summed E-state index contributed by atoms with van der Waals surface area (Å²) in [6, 6.07) is 16.3. The first-order valence-corrected chi connectivity index (χ1v) is 11.8. The quantitative estimate of drug-likeness (QED) is 0.307. The number of hydrogen-bond donors (Lipinski definition) is 1. The van der Waals surface area contributed by atoms with Crippen molar-refractivity contribution in [2.75, 3.05) is 13.2 Å². The highest BCUT2D eigenvalue weighted by molar-refractivity contribution is 6.06. The highest BCUT2D eigenvalue weighted by Crippen LogP contribution is 2.29. The largest absolute Gasteiger partial charge is 0.389 e. The lowest BCUT2D eigenvalue weighted by Crippen LogP contribution is -2.39. The smallest absolute Gasteiger partial charge is 0.261 e. The van der Waals surface area contributed by atoms with Crippen molar-refractivity contribution in [3.63, 3.8) is 0 Å². The van der Waals surface area contributed by atoms with E-state index in [4.69, 9.17) is 4.74 Å². The van der Waals surface area contributed by atoms with E-state index in [1.54, 1.807) is 23.2 Å². The van der Waals surface area contributed by atoms with E-state index in [2.05, 4.69) is 15.0 Å². The lowest BCUT2D eigenvalue weighted by Gasteiger charge is -2.29. The number of aliphatic hydroxyl groups is 1. The molecule has 0 unspecified atom stereocenters. The van der Waals surface area contributed by atoms with Crippen LogP contribution in [0.2, 0.25) is 0 Å². The van der Waals surface area contributed by atoms with Crippen LogP contribution in [0.4, 0.5) is 4.39 Å². The van der Waals surface area contributed by atoms with Crippen LogP contribution in [0.15, 0.2) is 78.1 Å². The summed E-state index contributed by atoms with van der Waals surface area (Å²) in [4.78, 5) is 26.4. The van der Waals surface area contributed by atoms with Gasteiger partial charge in [0.1, 0.15) is 0 Å². The molecule has 0 radical (unpaired) electrons. The highest BCUT2D eigenvalue weighted by atomic mass is 19.1. The Morgan fingerprint density at radius 2 is 1.89 bits per heavy atom. The fourth-order valence-electron chi connectivity index (χ4n) is 4.96. The Hall–Kier alpha value is -4.01. The van der Waals surface area contributed by atoms with Crippen LogP contribution in [0.1, 0.15) is 23.6 Å². The van der Waals surface area contributed by atoms with Crippen LogP contribution in [-0.2, 0) is 11.2 Å². The molecule has 36 heavy (non-hydrogen) atoms. The van der Waals surface area contributed by atoms with Gasteiger partial charge in [0, 0.05) is 30.0 Å². The first-order valence-electron chi connectivity index (χ1n) is 11.8. The molecule has 2 atom stereocenters. The van der Waals surface area contributed by atoms with Crippen molar-refractivity contribution in [2.24, 2.45) is 0 Å². The van der Waals surface area contributed by atoms with Gasteiger partial charge < -0.3 is 9.84 Å². The average Bonchev–Trinajstić information content (AvgIpc) is 2.90. The SMILES string of the molecule is O=c1c2cc(Cc3ccnc(-c4ccc(F)nc4)c3)c3ccccc3c2ncn1[C@H]1CCOC[C@@H]1O. The lowest BCUT2D eigenvalue weighted by atomic mass is 9.95. The van der Waals surface area contributed by atoms with E-state index < -0.39 is 12.1 Å². The average molecular weight is 483 g/mol. The molecule has 7 nitrogen and oxygen atoms in total. The molecule has 1 aliphatic rings. The minimum atomic E-state index is -0.758. The molecule has 0 aliphatic carbocycles. The van der Waals surface area contributed by atoms with E-state index in [0.717, 1.165) is 27.5 Å². The summed E-state index contributed by atoms with van der Waals surface area (Å²) in [5.74, 6) is -0.537. The molecule has 0 saturated carbocycles. The molecule has 4 heterocycles. The van der Waals surface area contributed by atoms with Gasteiger partial charge in [-0.25, -0.2) is 9.97 Å². The van der Waals surface area contributed by atoms with E-state index in [1.165, 1.54) is 12.3 Å². The fourth-order valence-corrected chi connectivity index (χ4v) is 4.96. The number of aromatic nitrogens is 4. The minimum absolute atomic E-state index is 0.175. The van der Waals surface area contributed by atoms with Crippen molar-refractivity contribution in [2.45, 2.75) is 25.0 Å². The molecule has 1 fully saturated rings. The van der Waals surface area contributed by atoms with E-state index >= 15 is 0 Å². The van der Waals surface area contributed by atoms with Gasteiger partial charge in [0.05, 0.1) is 41.7 Å². The van der Waals surface area contributed by atoms with Gasteiger partial charge >= 0.3 is 0 Å². The topological polar surface area (TPSA) is 90.1 Å². The molecule has 0 bridgehead atoms. The maximum Gasteiger partial charge on any atom is 0.261 e. The van der Waals surface area contributed by atoms with E-state index in [0.29, 0.717) is 36.0 Å². The van der Waals surface area contributed by atoms with Gasteiger partial charge in [0.15, 0.2) is 0 Å². The molecule has 1 N–H and O–H groups in total. The normalized spacial score (nSPS) is 18.1. The maximum atomic E-state index is 13.6. The Kier molecular flexibility index (Phi) is 5.75. The summed E-state index contributed by atoms with van der Waals surface area (Å²) in [7, 11) is 0. The standard InChI is InChI=1S/C28H23FN4O3/c29-26-6-5-18(14-31-26)23-12-17(7-9-30-23)11-19-13-22-27(21-4-2-1-3-20(19)21)32-16-33(28(22)35)24-8-10-36-15-25(24)34/h1-7,9,12-14,16,24-25,34H,8,10-11,15H2/t24-,25-/m0/s1. The Morgan fingerprint density at radius 3 is 2.69 bits per heavy atom. The summed E-state index contributed by atoms with van der Waals surface area (Å²) < 4.78 is 20.1. The number of hydrogen-bond acceptors (Lipinski definition) is 6. The van der Waals surface area contributed by atoms with Gasteiger partial charge in [-0.2, -0.15) is 4.39 Å². The van der Waals surface area contributed by atoms with Crippen molar-refractivity contribution in [3.05, 3.63) is 101 Å². The Balaban J connectivity index is 1.46. The second-order valence-corrected chi connectivity index (χ2v) is 9.03. The van der Waals surface area contributed by atoms with Crippen LogP contribution >= 0.6 is 0 Å². The van der Waals surface area contributed by atoms with Crippen LogP contribution in [0.25, 0.3) is 32.9 Å². The molecular formula is C28H23FN4O3. The summed E-state index contributed by atoms with van der Waals surface area (Å²) in [6.45, 7) is 0.690. The van der Waals surface area contributed by atoms with Gasteiger partial charge in [-0.1, -0.05) is 24.3 Å². The van der Waals surface area contributed by atoms with Crippen LogP contribution < -0.4 is 5.56 Å². The zero-order chi connectivity index (χ0) is 24.6. The number of halogens is 1. The molecular weight excluding hydrogens is 459 g/mol. The van der Waals surface area contributed by atoms with E-state index in [9.17, 15) is 14.3 Å². The molecule has 0 spiro atoms. The molecule has 6 rings (SSSR count). The summed E-state index contributed by atoms with van der Waals surface area (Å²) >= 11 is 0. The van der Waals surface area contributed by atoms with Crippen molar-refractivity contribution in [1.29, 1.82) is 0 Å².